The fraction of sp³-hybridized carbons (Fsp3) is 0.500. The van der Waals surface area contributed by atoms with Crippen molar-refractivity contribution in [2.75, 3.05) is 0 Å². The molecular weight excluding hydrogens is 342 g/mol. The Bertz CT molecular complexity index is 735. The molecule has 3 rings (SSSR count). The predicted octanol–water partition coefficient (Wildman–Crippen LogP) is 3.12. The van der Waals surface area contributed by atoms with Gasteiger partial charge in [0.1, 0.15) is 24.0 Å². The molecule has 0 aliphatic heterocycles. The fourth-order valence-corrected chi connectivity index (χ4v) is 2.94. The van der Waals surface area contributed by atoms with Crippen molar-refractivity contribution in [3.63, 3.8) is 0 Å². The number of aliphatic hydroxyl groups is 1. The maximum atomic E-state index is 13.0. The van der Waals surface area contributed by atoms with Gasteiger partial charge in [-0.3, -0.25) is 0 Å². The van der Waals surface area contributed by atoms with Gasteiger partial charge in [0, 0.05) is 0 Å². The minimum atomic E-state index is -4.57. The number of rotatable bonds is 7. The number of benzene rings is 1. The summed E-state index contributed by atoms with van der Waals surface area (Å²) in [7, 11) is 0. The van der Waals surface area contributed by atoms with E-state index in [1.54, 1.807) is 6.92 Å². The first kappa shape index (κ1) is 17.7. The molecule has 136 valence electrons. The molecule has 1 unspecified atom stereocenters. The second kappa shape index (κ2) is 6.29. The zero-order valence-electron chi connectivity index (χ0n) is 13.4. The van der Waals surface area contributed by atoms with E-state index < -0.39 is 18.1 Å². The van der Waals surface area contributed by atoms with Crippen LogP contribution in [0.15, 0.2) is 30.9 Å². The first-order valence-electron chi connectivity index (χ1n) is 7.73. The van der Waals surface area contributed by atoms with Gasteiger partial charge in [-0.1, -0.05) is 6.07 Å². The Morgan fingerprint density at radius 3 is 2.60 bits per heavy atom. The van der Waals surface area contributed by atoms with Crippen molar-refractivity contribution in [1.82, 2.24) is 14.8 Å². The van der Waals surface area contributed by atoms with Crippen molar-refractivity contribution in [1.29, 1.82) is 0 Å². The molecule has 1 fully saturated rings. The molecule has 1 aliphatic carbocycles. The predicted molar refractivity (Wildman–Crippen MR) is 79.4 cm³/mol. The molecule has 0 saturated heterocycles. The van der Waals surface area contributed by atoms with Gasteiger partial charge in [-0.25, -0.2) is 9.67 Å². The summed E-state index contributed by atoms with van der Waals surface area (Å²) in [6, 6.07) is 3.81. The number of hydrogen-bond acceptors (Lipinski definition) is 4. The molecule has 0 bridgehead atoms. The Morgan fingerprint density at radius 1 is 1.36 bits per heavy atom. The monoisotopic (exact) mass is 359 g/mol. The maximum Gasteiger partial charge on any atom is 0.461 e. The van der Waals surface area contributed by atoms with Crippen LogP contribution in [0.4, 0.5) is 17.6 Å². The molecule has 2 aromatic rings. The van der Waals surface area contributed by atoms with E-state index in [2.05, 4.69) is 14.8 Å². The maximum absolute atomic E-state index is 13.0. The van der Waals surface area contributed by atoms with Crippen molar-refractivity contribution >= 4 is 0 Å². The van der Waals surface area contributed by atoms with E-state index in [0.29, 0.717) is 11.1 Å². The van der Waals surface area contributed by atoms with Crippen molar-refractivity contribution in [2.45, 2.75) is 44.4 Å². The lowest BCUT2D eigenvalue weighted by Crippen LogP contribution is -2.35. The second-order valence-corrected chi connectivity index (χ2v) is 6.23. The number of alkyl halides is 4. The van der Waals surface area contributed by atoms with E-state index in [1.807, 2.05) is 0 Å². The number of halogens is 4. The van der Waals surface area contributed by atoms with E-state index in [9.17, 15) is 22.7 Å². The Balaban J connectivity index is 1.88. The zero-order valence-corrected chi connectivity index (χ0v) is 13.4. The van der Waals surface area contributed by atoms with E-state index >= 15 is 0 Å². The molecule has 1 atom stereocenters. The summed E-state index contributed by atoms with van der Waals surface area (Å²) in [4.78, 5) is 3.84. The van der Waals surface area contributed by atoms with Crippen LogP contribution in [-0.4, -0.2) is 32.4 Å². The topological polar surface area (TPSA) is 60.2 Å². The van der Waals surface area contributed by atoms with Crippen molar-refractivity contribution in [3.8, 4) is 5.75 Å². The molecule has 1 N–H and O–H groups in total. The smallest absolute Gasteiger partial charge is 0.428 e. The van der Waals surface area contributed by atoms with Crippen LogP contribution in [0.1, 0.15) is 24.0 Å². The van der Waals surface area contributed by atoms with Gasteiger partial charge < -0.3 is 9.84 Å². The van der Waals surface area contributed by atoms with Crippen LogP contribution >= 0.6 is 0 Å². The van der Waals surface area contributed by atoms with Gasteiger partial charge in [-0.2, -0.15) is 22.7 Å². The lowest BCUT2D eigenvalue weighted by atomic mass is 9.85. The van der Waals surface area contributed by atoms with Crippen LogP contribution in [0, 0.1) is 12.8 Å². The third kappa shape index (κ3) is 3.60. The van der Waals surface area contributed by atoms with Gasteiger partial charge in [-0.05, 0) is 48.9 Å². The summed E-state index contributed by atoms with van der Waals surface area (Å²) < 4.78 is 56.2. The van der Waals surface area contributed by atoms with Crippen LogP contribution in [0.5, 0.6) is 5.75 Å². The largest absolute Gasteiger partial charge is 0.461 e. The summed E-state index contributed by atoms with van der Waals surface area (Å²) in [5.74, 6) is -0.380. The van der Waals surface area contributed by atoms with Crippen molar-refractivity contribution in [3.05, 3.63) is 42.0 Å². The molecule has 5 nitrogen and oxygen atoms in total. The number of aryl methyl sites for hydroxylation is 1. The van der Waals surface area contributed by atoms with Crippen LogP contribution in [0.3, 0.4) is 0 Å². The summed E-state index contributed by atoms with van der Waals surface area (Å²) in [5.41, 5.74) is -0.253. The zero-order chi connectivity index (χ0) is 18.2. The van der Waals surface area contributed by atoms with Gasteiger partial charge in [0.05, 0.1) is 6.54 Å². The third-order valence-electron chi connectivity index (χ3n) is 4.29. The van der Waals surface area contributed by atoms with Gasteiger partial charge in [0.15, 0.2) is 0 Å². The molecule has 1 aromatic heterocycles. The molecule has 1 aliphatic rings. The van der Waals surface area contributed by atoms with Crippen molar-refractivity contribution in [2.24, 2.45) is 5.92 Å². The number of ether oxygens (including phenoxy) is 1. The minimum Gasteiger partial charge on any atom is -0.428 e. The summed E-state index contributed by atoms with van der Waals surface area (Å²) in [5, 5.41) is 15.2. The molecule has 25 heavy (non-hydrogen) atoms. The van der Waals surface area contributed by atoms with Crippen molar-refractivity contribution < 1.29 is 27.4 Å². The molecular formula is C16H17F4N3O2. The Morgan fingerprint density at radius 2 is 2.08 bits per heavy atom. The fourth-order valence-electron chi connectivity index (χ4n) is 2.94. The molecule has 1 heterocycles. The Hall–Kier alpha value is -2.16. The van der Waals surface area contributed by atoms with Crippen LogP contribution in [-0.2, 0) is 12.1 Å². The summed E-state index contributed by atoms with van der Waals surface area (Å²) in [6.45, 7) is 1.77. The Kier molecular flexibility index (Phi) is 4.44. The lowest BCUT2D eigenvalue weighted by Gasteiger charge is -2.30. The first-order valence-corrected chi connectivity index (χ1v) is 7.73. The second-order valence-electron chi connectivity index (χ2n) is 6.23. The van der Waals surface area contributed by atoms with Crippen LogP contribution in [0.25, 0.3) is 0 Å². The molecule has 0 amide bonds. The normalized spacial score (nSPS) is 17.6. The standard InChI is InChI=1S/C16H17F4N3O2/c1-10-6-12(25-16(19,20)14(17)18)4-5-13(10)15(24,11-2-3-11)7-23-9-21-8-22-23/h4-6,8-9,11,14,24H,2-3,7H2,1H3. The molecule has 0 radical (unpaired) electrons. The lowest BCUT2D eigenvalue weighted by molar-refractivity contribution is -0.253. The van der Waals surface area contributed by atoms with Crippen LogP contribution < -0.4 is 4.74 Å². The first-order chi connectivity index (χ1) is 11.7. The highest BCUT2D eigenvalue weighted by atomic mass is 19.3. The van der Waals surface area contributed by atoms with E-state index in [-0.39, 0.29) is 18.2 Å². The minimum absolute atomic E-state index is 0.00433. The SMILES string of the molecule is Cc1cc(OC(F)(F)C(F)F)ccc1C(O)(Cn1cncn1)C1CC1. The average molecular weight is 359 g/mol. The highest BCUT2D eigenvalue weighted by molar-refractivity contribution is 5.39. The number of nitrogens with zero attached hydrogens (tertiary/aromatic N) is 3. The van der Waals surface area contributed by atoms with E-state index in [4.69, 9.17) is 0 Å². The van der Waals surface area contributed by atoms with Gasteiger partial charge in [0.2, 0.25) is 0 Å². The van der Waals surface area contributed by atoms with Gasteiger partial charge >= 0.3 is 12.5 Å². The van der Waals surface area contributed by atoms with E-state index in [0.717, 1.165) is 18.9 Å². The van der Waals surface area contributed by atoms with E-state index in [1.165, 1.54) is 29.5 Å². The molecule has 0 spiro atoms. The van der Waals surface area contributed by atoms with Crippen LogP contribution in [0.2, 0.25) is 0 Å². The highest BCUT2D eigenvalue weighted by Gasteiger charge is 2.47. The number of hydrogen-bond donors (Lipinski definition) is 1. The summed E-state index contributed by atoms with van der Waals surface area (Å²) >= 11 is 0. The quantitative estimate of drug-likeness (QED) is 0.772. The molecule has 9 heteroatoms. The molecule has 1 saturated carbocycles. The van der Waals surface area contributed by atoms with Gasteiger partial charge in [-0.15, -0.1) is 0 Å². The number of aromatic nitrogens is 3. The third-order valence-corrected chi connectivity index (χ3v) is 4.29. The Labute approximate surface area is 141 Å². The molecule has 1 aromatic carbocycles. The summed E-state index contributed by atoms with van der Waals surface area (Å²) in [6.07, 6.45) is -4.02. The highest BCUT2D eigenvalue weighted by Crippen LogP contribution is 2.48. The average Bonchev–Trinajstić information content (AvgIpc) is 3.26. The van der Waals surface area contributed by atoms with Gasteiger partial charge in [0.25, 0.3) is 0 Å².